The van der Waals surface area contributed by atoms with E-state index in [9.17, 15) is 10.2 Å². The summed E-state index contributed by atoms with van der Waals surface area (Å²) >= 11 is 0. The number of hydrogen-bond donors (Lipinski definition) is 2. The maximum absolute atomic E-state index is 11.9. The van der Waals surface area contributed by atoms with Crippen LogP contribution in [0.15, 0.2) is 18.2 Å². The van der Waals surface area contributed by atoms with Gasteiger partial charge in [0.05, 0.1) is 5.60 Å². The first kappa shape index (κ1) is 15.2. The van der Waals surface area contributed by atoms with Crippen molar-refractivity contribution in [1.29, 1.82) is 0 Å². The molecule has 0 unspecified atom stereocenters. The van der Waals surface area contributed by atoms with E-state index in [0.29, 0.717) is 5.75 Å². The molecule has 1 aliphatic heterocycles. The Bertz CT molecular complexity index is 655. The van der Waals surface area contributed by atoms with E-state index in [4.69, 9.17) is 0 Å². The van der Waals surface area contributed by atoms with Gasteiger partial charge >= 0.3 is 0 Å². The quantitative estimate of drug-likeness (QED) is 0.875. The van der Waals surface area contributed by atoms with Crippen LogP contribution in [0, 0.1) is 5.92 Å². The lowest BCUT2D eigenvalue weighted by molar-refractivity contribution is -0.169. The normalized spacial score (nSPS) is 39.0. The SMILES string of the molecule is Oc1ccc2c(c1)[C@]13CCCC[C@@]1(O)[C@H](C2)N(CC1CCC1)CC3. The van der Waals surface area contributed by atoms with E-state index >= 15 is 0 Å². The van der Waals surface area contributed by atoms with Crippen molar-refractivity contribution in [2.45, 2.75) is 74.8 Å². The van der Waals surface area contributed by atoms with Crippen LogP contribution in [0.5, 0.6) is 5.75 Å². The van der Waals surface area contributed by atoms with Gasteiger partial charge in [0.25, 0.3) is 0 Å². The first-order chi connectivity index (χ1) is 11.6. The zero-order valence-electron chi connectivity index (χ0n) is 14.5. The molecule has 0 amide bonds. The van der Waals surface area contributed by atoms with Crippen molar-refractivity contribution in [2.24, 2.45) is 5.92 Å². The lowest BCUT2D eigenvalue weighted by Gasteiger charge is -2.64. The summed E-state index contributed by atoms with van der Waals surface area (Å²) in [6.45, 7) is 2.29. The maximum Gasteiger partial charge on any atom is 0.115 e. The molecule has 0 aromatic heterocycles. The minimum atomic E-state index is -0.603. The molecule has 1 aromatic rings. The second kappa shape index (κ2) is 5.22. The number of fused-ring (bicyclic) bond motifs is 1. The Kier molecular flexibility index (Phi) is 3.31. The van der Waals surface area contributed by atoms with Crippen LogP contribution in [0.4, 0.5) is 0 Å². The summed E-state index contributed by atoms with van der Waals surface area (Å²) in [6, 6.07) is 6.17. The van der Waals surface area contributed by atoms with Crippen LogP contribution >= 0.6 is 0 Å². The largest absolute Gasteiger partial charge is 0.508 e. The highest BCUT2D eigenvalue weighted by atomic mass is 16.3. The lowest BCUT2D eigenvalue weighted by Crippen LogP contribution is -2.72. The van der Waals surface area contributed by atoms with Crippen LogP contribution in [-0.4, -0.2) is 39.8 Å². The van der Waals surface area contributed by atoms with Crippen LogP contribution in [0.2, 0.25) is 0 Å². The Balaban J connectivity index is 1.59. The second-order valence-corrected chi connectivity index (χ2v) is 8.82. The number of piperidine rings is 1. The molecule has 1 aromatic carbocycles. The van der Waals surface area contributed by atoms with Crippen molar-refractivity contribution in [2.75, 3.05) is 13.1 Å². The molecule has 3 fully saturated rings. The Morgan fingerprint density at radius 1 is 1.08 bits per heavy atom. The van der Waals surface area contributed by atoms with Crippen LogP contribution in [0.1, 0.15) is 62.5 Å². The van der Waals surface area contributed by atoms with E-state index in [1.54, 1.807) is 0 Å². The van der Waals surface area contributed by atoms with Gasteiger partial charge < -0.3 is 10.2 Å². The van der Waals surface area contributed by atoms with Gasteiger partial charge in [0.1, 0.15) is 5.75 Å². The van der Waals surface area contributed by atoms with E-state index in [-0.39, 0.29) is 11.5 Å². The van der Waals surface area contributed by atoms with Crippen molar-refractivity contribution in [3.05, 3.63) is 29.3 Å². The highest BCUT2D eigenvalue weighted by Crippen LogP contribution is 2.58. The molecule has 2 N–H and O–H groups in total. The van der Waals surface area contributed by atoms with E-state index in [1.807, 2.05) is 12.1 Å². The summed E-state index contributed by atoms with van der Waals surface area (Å²) in [4.78, 5) is 2.63. The third-order valence-corrected chi connectivity index (χ3v) is 7.80. The van der Waals surface area contributed by atoms with Gasteiger partial charge in [-0.1, -0.05) is 25.3 Å². The minimum absolute atomic E-state index is 0.127. The van der Waals surface area contributed by atoms with Crippen molar-refractivity contribution in [1.82, 2.24) is 4.90 Å². The molecular weight excluding hydrogens is 298 g/mol. The molecule has 1 heterocycles. The van der Waals surface area contributed by atoms with Crippen LogP contribution in [0.25, 0.3) is 0 Å². The van der Waals surface area contributed by atoms with Gasteiger partial charge in [-0.05, 0) is 74.2 Å². The van der Waals surface area contributed by atoms with Gasteiger partial charge in [0.15, 0.2) is 0 Å². The van der Waals surface area contributed by atoms with Gasteiger partial charge in [0.2, 0.25) is 0 Å². The van der Waals surface area contributed by atoms with Crippen molar-refractivity contribution < 1.29 is 10.2 Å². The standard InChI is InChI=1S/C21H29NO2/c23-17-7-6-16-12-19-21(24)9-2-1-8-20(21,18(16)13-17)10-11-22(19)14-15-4-3-5-15/h6-7,13,15,19,23-24H,1-5,8-12,14H2/t19-,20+,21+/m0/s1. The number of aromatic hydroxyl groups is 1. The smallest absolute Gasteiger partial charge is 0.115 e. The van der Waals surface area contributed by atoms with Crippen molar-refractivity contribution in [3.8, 4) is 5.75 Å². The fourth-order valence-electron chi connectivity index (χ4n) is 6.32. The zero-order valence-corrected chi connectivity index (χ0v) is 14.5. The van der Waals surface area contributed by atoms with Gasteiger partial charge in [-0.15, -0.1) is 0 Å². The summed E-state index contributed by atoms with van der Waals surface area (Å²) in [7, 11) is 0. The third-order valence-electron chi connectivity index (χ3n) is 7.80. The molecule has 4 aliphatic rings. The predicted molar refractivity (Wildman–Crippen MR) is 94.2 cm³/mol. The Labute approximate surface area is 144 Å². The number of rotatable bonds is 2. The van der Waals surface area contributed by atoms with E-state index < -0.39 is 5.60 Å². The Morgan fingerprint density at radius 2 is 1.92 bits per heavy atom. The number of hydrogen-bond acceptors (Lipinski definition) is 3. The van der Waals surface area contributed by atoms with Gasteiger partial charge in [-0.3, -0.25) is 4.90 Å². The Hall–Kier alpha value is -1.06. The van der Waals surface area contributed by atoms with E-state index in [1.165, 1.54) is 43.4 Å². The summed E-state index contributed by atoms with van der Waals surface area (Å²) in [5.41, 5.74) is 1.89. The maximum atomic E-state index is 11.9. The first-order valence-corrected chi connectivity index (χ1v) is 9.91. The minimum Gasteiger partial charge on any atom is -0.508 e. The molecule has 130 valence electrons. The molecule has 3 aliphatic carbocycles. The average molecular weight is 327 g/mol. The van der Waals surface area contributed by atoms with E-state index in [2.05, 4.69) is 11.0 Å². The number of aliphatic hydroxyl groups is 1. The van der Waals surface area contributed by atoms with Gasteiger partial charge in [0, 0.05) is 18.0 Å². The fourth-order valence-corrected chi connectivity index (χ4v) is 6.32. The van der Waals surface area contributed by atoms with Crippen LogP contribution in [-0.2, 0) is 11.8 Å². The van der Waals surface area contributed by atoms with Crippen molar-refractivity contribution in [3.63, 3.8) is 0 Å². The molecule has 3 heteroatoms. The van der Waals surface area contributed by atoms with Crippen LogP contribution < -0.4 is 0 Å². The predicted octanol–water partition coefficient (Wildman–Crippen LogP) is 3.37. The van der Waals surface area contributed by atoms with Crippen molar-refractivity contribution >= 4 is 0 Å². The number of phenolic OH excluding ortho intramolecular Hbond substituents is 1. The number of likely N-dealkylation sites (tertiary alicyclic amines) is 1. The summed E-state index contributed by atoms with van der Waals surface area (Å²) in [6.07, 6.45) is 10.5. The molecule has 3 nitrogen and oxygen atoms in total. The zero-order chi connectivity index (χ0) is 16.4. The fraction of sp³-hybridized carbons (Fsp3) is 0.714. The van der Waals surface area contributed by atoms with Gasteiger partial charge in [-0.25, -0.2) is 0 Å². The molecule has 0 radical (unpaired) electrons. The molecular formula is C21H29NO2. The van der Waals surface area contributed by atoms with E-state index in [0.717, 1.165) is 44.6 Å². The van der Waals surface area contributed by atoms with Gasteiger partial charge in [-0.2, -0.15) is 0 Å². The summed E-state index contributed by atoms with van der Waals surface area (Å²) in [5.74, 6) is 1.21. The third kappa shape index (κ3) is 1.91. The number of benzene rings is 1. The molecule has 24 heavy (non-hydrogen) atoms. The monoisotopic (exact) mass is 327 g/mol. The molecule has 2 bridgehead atoms. The first-order valence-electron chi connectivity index (χ1n) is 9.91. The lowest BCUT2D eigenvalue weighted by atomic mass is 9.49. The molecule has 1 saturated heterocycles. The molecule has 2 saturated carbocycles. The molecule has 0 spiro atoms. The average Bonchev–Trinajstić information content (AvgIpc) is 2.53. The molecule has 5 rings (SSSR count). The Morgan fingerprint density at radius 3 is 2.71 bits per heavy atom. The summed E-state index contributed by atoms with van der Waals surface area (Å²) < 4.78 is 0. The highest BCUT2D eigenvalue weighted by molar-refractivity contribution is 5.48. The summed E-state index contributed by atoms with van der Waals surface area (Å²) in [5, 5.41) is 22.0. The highest BCUT2D eigenvalue weighted by Gasteiger charge is 2.63. The number of phenols is 1. The number of nitrogens with zero attached hydrogens (tertiary/aromatic N) is 1. The van der Waals surface area contributed by atoms with Crippen LogP contribution in [0.3, 0.4) is 0 Å². The second-order valence-electron chi connectivity index (χ2n) is 8.82. The molecule has 3 atom stereocenters. The topological polar surface area (TPSA) is 43.7 Å².